The number of rotatable bonds is 10. The number of carbonyl (C=O) groups excluding carboxylic acids is 1. The summed E-state index contributed by atoms with van der Waals surface area (Å²) < 4.78 is 10.4. The van der Waals surface area contributed by atoms with E-state index in [2.05, 4.69) is 11.9 Å². The third-order valence-electron chi connectivity index (χ3n) is 3.38. The number of carboxylic acids is 1. The van der Waals surface area contributed by atoms with Gasteiger partial charge in [0.15, 0.2) is 11.5 Å². The first-order valence-corrected chi connectivity index (χ1v) is 7.35. The van der Waals surface area contributed by atoms with Crippen molar-refractivity contribution in [1.82, 2.24) is 5.32 Å². The number of benzene rings is 1. The van der Waals surface area contributed by atoms with E-state index in [9.17, 15) is 9.59 Å². The number of ether oxygens (including phenoxy) is 2. The average Bonchev–Trinajstić information content (AvgIpc) is 2.56. The first-order chi connectivity index (χ1) is 11.0. The van der Waals surface area contributed by atoms with E-state index in [1.54, 1.807) is 32.4 Å². The summed E-state index contributed by atoms with van der Waals surface area (Å²) in [6.45, 7) is 3.55. The highest BCUT2D eigenvalue weighted by atomic mass is 16.5. The third kappa shape index (κ3) is 6.02. The van der Waals surface area contributed by atoms with Crippen LogP contribution in [0.25, 0.3) is 0 Å². The van der Waals surface area contributed by atoms with E-state index in [0.717, 1.165) is 5.56 Å². The van der Waals surface area contributed by atoms with Crippen LogP contribution in [-0.2, 0) is 16.0 Å². The minimum atomic E-state index is -1.04. The lowest BCUT2D eigenvalue weighted by Gasteiger charge is -2.14. The summed E-state index contributed by atoms with van der Waals surface area (Å²) in [5, 5.41) is 11.6. The number of allylic oxidation sites excluding steroid dienone is 1. The number of hydrogen-bond donors (Lipinski definition) is 2. The van der Waals surface area contributed by atoms with E-state index in [1.807, 2.05) is 6.07 Å². The first kappa shape index (κ1) is 18.5. The van der Waals surface area contributed by atoms with E-state index in [1.165, 1.54) is 0 Å². The van der Waals surface area contributed by atoms with Gasteiger partial charge in [-0.2, -0.15) is 0 Å². The first-order valence-electron chi connectivity index (χ1n) is 7.35. The maximum absolute atomic E-state index is 11.9. The normalized spacial score (nSPS) is 11.4. The van der Waals surface area contributed by atoms with Crippen molar-refractivity contribution in [2.45, 2.75) is 31.7 Å². The summed E-state index contributed by atoms with van der Waals surface area (Å²) in [6.07, 6.45) is 3.19. The van der Waals surface area contributed by atoms with Gasteiger partial charge in [-0.3, -0.25) is 4.79 Å². The molecule has 1 aromatic rings. The van der Waals surface area contributed by atoms with Crippen LogP contribution in [0, 0.1) is 0 Å². The molecule has 1 atom stereocenters. The Morgan fingerprint density at radius 1 is 1.30 bits per heavy atom. The minimum absolute atomic E-state index is 0.202. The van der Waals surface area contributed by atoms with Gasteiger partial charge in [-0.15, -0.1) is 6.58 Å². The van der Waals surface area contributed by atoms with Gasteiger partial charge in [0, 0.05) is 6.42 Å². The molecule has 1 unspecified atom stereocenters. The molecule has 0 bridgehead atoms. The van der Waals surface area contributed by atoms with Gasteiger partial charge in [-0.25, -0.2) is 4.79 Å². The number of methoxy groups -OCH3 is 2. The summed E-state index contributed by atoms with van der Waals surface area (Å²) in [5.74, 6) is -0.113. The number of aliphatic carboxylic acids is 1. The van der Waals surface area contributed by atoms with Gasteiger partial charge < -0.3 is 19.9 Å². The number of hydrogen-bond acceptors (Lipinski definition) is 4. The van der Waals surface area contributed by atoms with Gasteiger partial charge in [-0.05, 0) is 37.0 Å². The molecule has 126 valence electrons. The fraction of sp³-hybridized carbons (Fsp3) is 0.412. The lowest BCUT2D eigenvalue weighted by molar-refractivity contribution is -0.142. The molecule has 0 aliphatic carbocycles. The van der Waals surface area contributed by atoms with Gasteiger partial charge in [-0.1, -0.05) is 12.1 Å². The Bertz CT molecular complexity index is 556. The highest BCUT2D eigenvalue weighted by Crippen LogP contribution is 2.27. The minimum Gasteiger partial charge on any atom is -0.493 e. The number of carbonyl (C=O) groups is 2. The molecule has 0 aliphatic rings. The van der Waals surface area contributed by atoms with E-state index in [0.29, 0.717) is 30.8 Å². The van der Waals surface area contributed by atoms with Gasteiger partial charge in [0.05, 0.1) is 14.2 Å². The number of nitrogens with one attached hydrogen (secondary N) is 1. The van der Waals surface area contributed by atoms with Crippen LogP contribution in [0.3, 0.4) is 0 Å². The van der Waals surface area contributed by atoms with Crippen molar-refractivity contribution >= 4 is 11.9 Å². The smallest absolute Gasteiger partial charge is 0.326 e. The highest BCUT2D eigenvalue weighted by Gasteiger charge is 2.18. The molecule has 0 fully saturated rings. The maximum Gasteiger partial charge on any atom is 0.326 e. The zero-order valence-electron chi connectivity index (χ0n) is 13.5. The highest BCUT2D eigenvalue weighted by molar-refractivity contribution is 5.83. The summed E-state index contributed by atoms with van der Waals surface area (Å²) >= 11 is 0. The summed E-state index contributed by atoms with van der Waals surface area (Å²) in [5.41, 5.74) is 0.913. The van der Waals surface area contributed by atoms with E-state index < -0.39 is 12.0 Å². The molecule has 1 aromatic carbocycles. The zero-order chi connectivity index (χ0) is 17.2. The quantitative estimate of drug-likeness (QED) is 0.645. The molecule has 0 spiro atoms. The van der Waals surface area contributed by atoms with Crippen LogP contribution in [0.1, 0.15) is 24.8 Å². The molecular formula is C17H23NO5. The van der Waals surface area contributed by atoms with Gasteiger partial charge in [0.2, 0.25) is 5.91 Å². The summed E-state index contributed by atoms with van der Waals surface area (Å²) in [6, 6.07) is 4.54. The fourth-order valence-corrected chi connectivity index (χ4v) is 2.10. The van der Waals surface area contributed by atoms with Crippen molar-refractivity contribution < 1.29 is 24.2 Å². The largest absolute Gasteiger partial charge is 0.493 e. The van der Waals surface area contributed by atoms with Crippen molar-refractivity contribution in [3.63, 3.8) is 0 Å². The van der Waals surface area contributed by atoms with Crippen LogP contribution in [0.5, 0.6) is 11.5 Å². The third-order valence-corrected chi connectivity index (χ3v) is 3.38. The van der Waals surface area contributed by atoms with Crippen molar-refractivity contribution in [2.24, 2.45) is 0 Å². The summed E-state index contributed by atoms with van der Waals surface area (Å²) in [4.78, 5) is 23.0. The van der Waals surface area contributed by atoms with E-state index >= 15 is 0 Å². The molecule has 1 amide bonds. The molecule has 0 heterocycles. The standard InChI is InChI=1S/C17H23NO5/c1-4-5-6-13(17(20)21)18-16(19)10-8-12-7-9-14(22-2)15(11-12)23-3/h4,7,9,11,13H,1,5-6,8,10H2,2-3H3,(H,18,19)(H,20,21). The molecule has 0 saturated heterocycles. The molecule has 0 aromatic heterocycles. The Labute approximate surface area is 136 Å². The van der Waals surface area contributed by atoms with Crippen molar-refractivity contribution in [1.29, 1.82) is 0 Å². The number of aryl methyl sites for hydroxylation is 1. The second-order valence-electron chi connectivity index (χ2n) is 5.01. The van der Waals surface area contributed by atoms with Crippen LogP contribution in [0.4, 0.5) is 0 Å². The predicted octanol–water partition coefficient (Wildman–Crippen LogP) is 2.17. The van der Waals surface area contributed by atoms with Crippen molar-refractivity contribution in [3.8, 4) is 11.5 Å². The van der Waals surface area contributed by atoms with Gasteiger partial charge in [0.1, 0.15) is 6.04 Å². The SMILES string of the molecule is C=CCCC(NC(=O)CCc1ccc(OC)c(OC)c1)C(=O)O. The lowest BCUT2D eigenvalue weighted by atomic mass is 10.1. The molecule has 2 N–H and O–H groups in total. The lowest BCUT2D eigenvalue weighted by Crippen LogP contribution is -2.40. The van der Waals surface area contributed by atoms with Crippen molar-refractivity contribution in [2.75, 3.05) is 14.2 Å². The van der Waals surface area contributed by atoms with E-state index in [4.69, 9.17) is 14.6 Å². The zero-order valence-corrected chi connectivity index (χ0v) is 13.5. The summed E-state index contributed by atoms with van der Waals surface area (Å²) in [7, 11) is 3.10. The Balaban J connectivity index is 2.58. The Kier molecular flexibility index (Phi) is 7.66. The second kappa shape index (κ2) is 9.50. The Morgan fingerprint density at radius 2 is 2.00 bits per heavy atom. The Hall–Kier alpha value is -2.50. The maximum atomic E-state index is 11.9. The predicted molar refractivity (Wildman–Crippen MR) is 86.9 cm³/mol. The van der Waals surface area contributed by atoms with Crippen LogP contribution >= 0.6 is 0 Å². The van der Waals surface area contributed by atoms with Crippen LogP contribution in [0.2, 0.25) is 0 Å². The second-order valence-corrected chi connectivity index (χ2v) is 5.01. The molecule has 6 nitrogen and oxygen atoms in total. The van der Waals surface area contributed by atoms with Crippen LogP contribution in [0.15, 0.2) is 30.9 Å². The van der Waals surface area contributed by atoms with Crippen LogP contribution in [-0.4, -0.2) is 37.2 Å². The number of amides is 1. The molecule has 0 aliphatic heterocycles. The van der Waals surface area contributed by atoms with Crippen molar-refractivity contribution in [3.05, 3.63) is 36.4 Å². The molecular weight excluding hydrogens is 298 g/mol. The monoisotopic (exact) mass is 321 g/mol. The Morgan fingerprint density at radius 3 is 2.57 bits per heavy atom. The number of carboxylic acid groups (broad SMARTS) is 1. The molecule has 23 heavy (non-hydrogen) atoms. The van der Waals surface area contributed by atoms with Crippen LogP contribution < -0.4 is 14.8 Å². The average molecular weight is 321 g/mol. The van der Waals surface area contributed by atoms with Gasteiger partial charge in [0.25, 0.3) is 0 Å². The topological polar surface area (TPSA) is 84.9 Å². The van der Waals surface area contributed by atoms with Gasteiger partial charge >= 0.3 is 5.97 Å². The molecule has 1 rings (SSSR count). The van der Waals surface area contributed by atoms with E-state index in [-0.39, 0.29) is 12.3 Å². The fourth-order valence-electron chi connectivity index (χ4n) is 2.10. The molecule has 6 heteroatoms. The molecule has 0 saturated carbocycles. The molecule has 0 radical (unpaired) electrons.